The van der Waals surface area contributed by atoms with Crippen LogP contribution in [0.2, 0.25) is 0 Å². The van der Waals surface area contributed by atoms with Crippen molar-refractivity contribution in [3.63, 3.8) is 0 Å². The van der Waals surface area contributed by atoms with Gasteiger partial charge in [-0.05, 0) is 42.8 Å². The second-order valence-electron chi connectivity index (χ2n) is 4.82. The van der Waals surface area contributed by atoms with Crippen LogP contribution in [-0.4, -0.2) is 14.5 Å². The third-order valence-electron chi connectivity index (χ3n) is 3.28. The van der Waals surface area contributed by atoms with Crippen molar-refractivity contribution < 1.29 is 4.39 Å². The van der Waals surface area contributed by atoms with E-state index in [1.807, 2.05) is 42.0 Å². The molecule has 0 radical (unpaired) electrons. The van der Waals surface area contributed by atoms with Gasteiger partial charge < -0.3 is 9.88 Å². The maximum atomic E-state index is 13.2. The van der Waals surface area contributed by atoms with Gasteiger partial charge in [0.05, 0.1) is 18.6 Å². The van der Waals surface area contributed by atoms with Crippen molar-refractivity contribution in [2.45, 2.75) is 13.0 Å². The minimum Gasteiger partial charge on any atom is -0.378 e. The fraction of sp³-hybridized carbons (Fsp3) is 0.125. The average molecular weight is 282 g/mol. The Labute approximate surface area is 122 Å². The summed E-state index contributed by atoms with van der Waals surface area (Å²) in [7, 11) is 0. The minimum atomic E-state index is -0.323. The Morgan fingerprint density at radius 2 is 1.95 bits per heavy atom. The van der Waals surface area contributed by atoms with Gasteiger partial charge >= 0.3 is 0 Å². The van der Waals surface area contributed by atoms with E-state index in [9.17, 15) is 4.39 Å². The molecule has 0 saturated heterocycles. The van der Waals surface area contributed by atoms with Gasteiger partial charge in [-0.1, -0.05) is 0 Å². The van der Waals surface area contributed by atoms with Crippen molar-refractivity contribution in [2.24, 2.45) is 0 Å². The number of aromatic nitrogens is 3. The van der Waals surface area contributed by atoms with Gasteiger partial charge in [-0.15, -0.1) is 0 Å². The number of imidazole rings is 1. The van der Waals surface area contributed by atoms with Crippen LogP contribution in [0.5, 0.6) is 0 Å². The molecule has 0 spiro atoms. The van der Waals surface area contributed by atoms with Crippen LogP contribution in [0.1, 0.15) is 18.5 Å². The predicted octanol–water partition coefficient (Wildman–Crippen LogP) is 3.58. The van der Waals surface area contributed by atoms with Crippen LogP contribution in [0.4, 0.5) is 10.1 Å². The van der Waals surface area contributed by atoms with Crippen molar-refractivity contribution in [2.75, 3.05) is 5.32 Å². The molecular weight excluding hydrogens is 267 g/mol. The number of nitrogens with zero attached hydrogens (tertiary/aromatic N) is 3. The number of anilines is 1. The molecule has 4 nitrogen and oxygen atoms in total. The van der Waals surface area contributed by atoms with E-state index in [-0.39, 0.29) is 11.9 Å². The minimum absolute atomic E-state index is 0.0210. The zero-order chi connectivity index (χ0) is 14.7. The Balaban J connectivity index is 1.73. The molecule has 0 aliphatic heterocycles. The van der Waals surface area contributed by atoms with Gasteiger partial charge in [0.1, 0.15) is 5.82 Å². The molecule has 0 fully saturated rings. The first-order valence-corrected chi connectivity index (χ1v) is 6.68. The number of halogens is 1. The monoisotopic (exact) mass is 282 g/mol. The number of hydrogen-bond acceptors (Lipinski definition) is 3. The molecule has 0 bridgehead atoms. The van der Waals surface area contributed by atoms with E-state index in [2.05, 4.69) is 15.3 Å². The van der Waals surface area contributed by atoms with Crippen molar-refractivity contribution in [3.8, 4) is 5.69 Å². The zero-order valence-electron chi connectivity index (χ0n) is 11.6. The molecule has 2 aromatic heterocycles. The highest BCUT2D eigenvalue weighted by Crippen LogP contribution is 2.20. The molecule has 1 atom stereocenters. The Bertz CT molecular complexity index is 707. The first-order chi connectivity index (χ1) is 10.2. The molecule has 0 saturated carbocycles. The maximum absolute atomic E-state index is 13.2. The van der Waals surface area contributed by atoms with Gasteiger partial charge in [-0.2, -0.15) is 0 Å². The first-order valence-electron chi connectivity index (χ1n) is 6.68. The highest BCUT2D eigenvalue weighted by molar-refractivity contribution is 5.50. The third kappa shape index (κ3) is 3.08. The Kier molecular flexibility index (Phi) is 3.64. The predicted molar refractivity (Wildman–Crippen MR) is 79.8 cm³/mol. The topological polar surface area (TPSA) is 42.7 Å². The number of hydrogen-bond donors (Lipinski definition) is 1. The molecule has 1 N–H and O–H groups in total. The van der Waals surface area contributed by atoms with Crippen LogP contribution in [0, 0.1) is 5.82 Å². The van der Waals surface area contributed by atoms with Crippen LogP contribution in [0.25, 0.3) is 5.69 Å². The van der Waals surface area contributed by atoms with Gasteiger partial charge in [-0.3, -0.25) is 4.98 Å². The van der Waals surface area contributed by atoms with Crippen molar-refractivity contribution in [1.29, 1.82) is 0 Å². The molecule has 1 aromatic carbocycles. The zero-order valence-corrected chi connectivity index (χ0v) is 11.6. The van der Waals surface area contributed by atoms with Crippen molar-refractivity contribution >= 4 is 5.69 Å². The standard InChI is InChI=1S/C16H15FN4/c1-12(13-8-14(17)10-19-9-13)20-15-2-4-16(5-3-15)21-7-6-18-11-21/h2-12,20H,1H3/t12-/m0/s1. The van der Waals surface area contributed by atoms with Crippen LogP contribution < -0.4 is 5.32 Å². The van der Waals surface area contributed by atoms with Gasteiger partial charge in [0, 0.05) is 30.0 Å². The van der Waals surface area contributed by atoms with Crippen LogP contribution in [-0.2, 0) is 0 Å². The lowest BCUT2D eigenvalue weighted by molar-refractivity contribution is 0.616. The van der Waals surface area contributed by atoms with E-state index >= 15 is 0 Å². The lowest BCUT2D eigenvalue weighted by Gasteiger charge is -2.15. The van der Waals surface area contributed by atoms with E-state index < -0.39 is 0 Å². The summed E-state index contributed by atoms with van der Waals surface area (Å²) < 4.78 is 15.1. The summed E-state index contributed by atoms with van der Waals surface area (Å²) in [6, 6.07) is 9.44. The van der Waals surface area contributed by atoms with E-state index in [1.165, 1.54) is 12.3 Å². The van der Waals surface area contributed by atoms with Gasteiger partial charge in [0.15, 0.2) is 0 Å². The van der Waals surface area contributed by atoms with E-state index in [0.717, 1.165) is 16.9 Å². The number of nitrogens with one attached hydrogen (secondary N) is 1. The molecule has 106 valence electrons. The largest absolute Gasteiger partial charge is 0.378 e. The molecule has 2 heterocycles. The smallest absolute Gasteiger partial charge is 0.141 e. The quantitative estimate of drug-likeness (QED) is 0.795. The van der Waals surface area contributed by atoms with E-state index in [0.29, 0.717) is 0 Å². The van der Waals surface area contributed by atoms with Crippen molar-refractivity contribution in [3.05, 3.63) is 72.8 Å². The summed E-state index contributed by atoms with van der Waals surface area (Å²) in [5.74, 6) is -0.323. The summed E-state index contributed by atoms with van der Waals surface area (Å²) in [5.41, 5.74) is 2.82. The second kappa shape index (κ2) is 5.75. The van der Waals surface area contributed by atoms with Gasteiger partial charge in [-0.25, -0.2) is 9.37 Å². The van der Waals surface area contributed by atoms with Gasteiger partial charge in [0.25, 0.3) is 0 Å². The lowest BCUT2D eigenvalue weighted by Crippen LogP contribution is -2.07. The summed E-state index contributed by atoms with van der Waals surface area (Å²) in [5, 5.41) is 3.33. The number of benzene rings is 1. The third-order valence-corrected chi connectivity index (χ3v) is 3.28. The van der Waals surface area contributed by atoms with Crippen LogP contribution in [0.15, 0.2) is 61.4 Å². The average Bonchev–Trinajstić information content (AvgIpc) is 3.02. The number of rotatable bonds is 4. The first kappa shape index (κ1) is 13.3. The highest BCUT2D eigenvalue weighted by Gasteiger charge is 2.07. The molecule has 21 heavy (non-hydrogen) atoms. The van der Waals surface area contributed by atoms with Gasteiger partial charge in [0.2, 0.25) is 0 Å². The molecule has 0 amide bonds. The fourth-order valence-corrected chi connectivity index (χ4v) is 2.14. The summed E-state index contributed by atoms with van der Waals surface area (Å²) in [6.07, 6.45) is 8.26. The molecule has 0 aliphatic rings. The van der Waals surface area contributed by atoms with Crippen LogP contribution in [0.3, 0.4) is 0 Å². The Morgan fingerprint density at radius 3 is 2.62 bits per heavy atom. The van der Waals surface area contributed by atoms with Crippen LogP contribution >= 0.6 is 0 Å². The molecular formula is C16H15FN4. The Morgan fingerprint density at radius 1 is 1.14 bits per heavy atom. The normalized spacial score (nSPS) is 12.1. The molecule has 5 heteroatoms. The maximum Gasteiger partial charge on any atom is 0.141 e. The summed E-state index contributed by atoms with van der Waals surface area (Å²) in [6.45, 7) is 1.97. The highest BCUT2D eigenvalue weighted by atomic mass is 19.1. The fourth-order valence-electron chi connectivity index (χ4n) is 2.14. The SMILES string of the molecule is C[C@H](Nc1ccc(-n2ccnc2)cc1)c1cncc(F)c1. The summed E-state index contributed by atoms with van der Waals surface area (Å²) >= 11 is 0. The molecule has 3 rings (SSSR count). The van der Waals surface area contributed by atoms with E-state index in [1.54, 1.807) is 18.7 Å². The molecule has 3 aromatic rings. The summed E-state index contributed by atoms with van der Waals surface area (Å²) in [4.78, 5) is 7.89. The van der Waals surface area contributed by atoms with Crippen molar-refractivity contribution in [1.82, 2.24) is 14.5 Å². The Hall–Kier alpha value is -2.69. The number of pyridine rings is 1. The lowest BCUT2D eigenvalue weighted by atomic mass is 10.1. The second-order valence-corrected chi connectivity index (χ2v) is 4.82. The van der Waals surface area contributed by atoms with E-state index in [4.69, 9.17) is 0 Å². The molecule has 0 aliphatic carbocycles. The molecule has 0 unspecified atom stereocenters.